The van der Waals surface area contributed by atoms with E-state index in [9.17, 15) is 4.79 Å². The average Bonchev–Trinajstić information content (AvgIpc) is 2.84. The van der Waals surface area contributed by atoms with Crippen LogP contribution in [-0.4, -0.2) is 25.2 Å². The maximum atomic E-state index is 11.9. The molecule has 0 radical (unpaired) electrons. The van der Waals surface area contributed by atoms with Crippen molar-refractivity contribution in [1.82, 2.24) is 5.32 Å². The fraction of sp³-hybridized carbons (Fsp3) is 0.643. The molecule has 1 amide bonds. The van der Waals surface area contributed by atoms with Crippen molar-refractivity contribution < 1.29 is 13.9 Å². The van der Waals surface area contributed by atoms with Crippen molar-refractivity contribution in [3.63, 3.8) is 0 Å². The van der Waals surface area contributed by atoms with Crippen molar-refractivity contribution in [2.45, 2.75) is 37.7 Å². The molecular weight excluding hydrogens is 230 g/mol. The minimum Gasteiger partial charge on any atom is -0.469 e. The molecule has 2 aliphatic rings. The highest BCUT2D eigenvalue weighted by atomic mass is 16.5. The predicted octanol–water partition coefficient (Wildman–Crippen LogP) is 2.07. The molecule has 1 aromatic rings. The molecule has 3 atom stereocenters. The van der Waals surface area contributed by atoms with E-state index in [2.05, 4.69) is 5.32 Å². The van der Waals surface area contributed by atoms with Gasteiger partial charge in [-0.05, 0) is 37.8 Å². The number of carbonyl (C=O) groups is 1. The molecule has 1 saturated carbocycles. The van der Waals surface area contributed by atoms with E-state index in [0.29, 0.717) is 12.0 Å². The highest BCUT2D eigenvalue weighted by Crippen LogP contribution is 2.47. The Morgan fingerprint density at radius 1 is 1.50 bits per heavy atom. The fourth-order valence-electron chi connectivity index (χ4n) is 2.66. The second-order valence-electron chi connectivity index (χ2n) is 5.18. The summed E-state index contributed by atoms with van der Waals surface area (Å²) in [4.78, 5) is 11.9. The molecule has 1 N–H and O–H groups in total. The summed E-state index contributed by atoms with van der Waals surface area (Å²) >= 11 is 0. The normalized spacial score (nSPS) is 30.3. The maximum absolute atomic E-state index is 11.9. The van der Waals surface area contributed by atoms with Crippen LogP contribution in [0.1, 0.15) is 37.4 Å². The zero-order chi connectivity index (χ0) is 12.4. The van der Waals surface area contributed by atoms with Gasteiger partial charge in [0.1, 0.15) is 5.76 Å². The summed E-state index contributed by atoms with van der Waals surface area (Å²) < 4.78 is 10.8. The van der Waals surface area contributed by atoms with Crippen molar-refractivity contribution in [3.8, 4) is 0 Å². The minimum absolute atomic E-state index is 0.112. The van der Waals surface area contributed by atoms with Gasteiger partial charge in [0, 0.05) is 25.0 Å². The highest BCUT2D eigenvalue weighted by Gasteiger charge is 2.45. The minimum atomic E-state index is 0.112. The Hall–Kier alpha value is -1.29. The van der Waals surface area contributed by atoms with Crippen LogP contribution in [0.25, 0.3) is 0 Å². The number of hydrogen-bond acceptors (Lipinski definition) is 3. The van der Waals surface area contributed by atoms with Gasteiger partial charge in [0.05, 0.1) is 12.4 Å². The molecule has 0 aromatic carbocycles. The van der Waals surface area contributed by atoms with E-state index in [-0.39, 0.29) is 11.8 Å². The standard InChI is InChI=1S/C14H19NO3/c16-14(15-6-5-10-3-1-7-17-10)12-9-11(12)13-4-2-8-18-13/h2,4,8,10-12H,1,3,5-7,9H2,(H,15,16)/t10-,11+,12-/m0/s1. The first-order chi connectivity index (χ1) is 8.84. The summed E-state index contributed by atoms with van der Waals surface area (Å²) in [5.74, 6) is 1.51. The number of hydrogen-bond donors (Lipinski definition) is 1. The van der Waals surface area contributed by atoms with Gasteiger partial charge >= 0.3 is 0 Å². The Balaban J connectivity index is 1.38. The van der Waals surface area contributed by atoms with Gasteiger partial charge in [-0.1, -0.05) is 0 Å². The summed E-state index contributed by atoms with van der Waals surface area (Å²) in [6.07, 6.45) is 6.16. The predicted molar refractivity (Wildman–Crippen MR) is 66.2 cm³/mol. The number of ether oxygens (including phenoxy) is 1. The largest absolute Gasteiger partial charge is 0.469 e. The zero-order valence-corrected chi connectivity index (χ0v) is 10.4. The third-order valence-corrected chi connectivity index (χ3v) is 3.83. The van der Waals surface area contributed by atoms with Gasteiger partial charge in [0.2, 0.25) is 5.91 Å². The highest BCUT2D eigenvalue weighted by molar-refractivity contribution is 5.82. The summed E-state index contributed by atoms with van der Waals surface area (Å²) in [5, 5.41) is 3.00. The molecule has 4 heteroatoms. The first-order valence-corrected chi connectivity index (χ1v) is 6.77. The molecule has 0 bridgehead atoms. The molecule has 0 spiro atoms. The summed E-state index contributed by atoms with van der Waals surface area (Å²) in [7, 11) is 0. The Morgan fingerprint density at radius 2 is 2.44 bits per heavy atom. The van der Waals surface area contributed by atoms with E-state index in [1.807, 2.05) is 12.1 Å². The van der Waals surface area contributed by atoms with Gasteiger partial charge in [0.15, 0.2) is 0 Å². The Bertz CT molecular complexity index is 395. The van der Waals surface area contributed by atoms with Crippen molar-refractivity contribution >= 4 is 5.91 Å². The molecule has 1 saturated heterocycles. The smallest absolute Gasteiger partial charge is 0.223 e. The topological polar surface area (TPSA) is 51.5 Å². The Morgan fingerprint density at radius 3 is 3.17 bits per heavy atom. The Kier molecular flexibility index (Phi) is 3.37. The first kappa shape index (κ1) is 11.8. The van der Waals surface area contributed by atoms with Gasteiger partial charge < -0.3 is 14.5 Å². The van der Waals surface area contributed by atoms with Crippen LogP contribution in [0.15, 0.2) is 22.8 Å². The number of nitrogens with one attached hydrogen (secondary N) is 1. The molecule has 1 aromatic heterocycles. The van der Waals surface area contributed by atoms with E-state index in [0.717, 1.165) is 44.6 Å². The monoisotopic (exact) mass is 249 g/mol. The molecule has 0 unspecified atom stereocenters. The van der Waals surface area contributed by atoms with Crippen LogP contribution in [-0.2, 0) is 9.53 Å². The van der Waals surface area contributed by atoms with E-state index >= 15 is 0 Å². The molecule has 18 heavy (non-hydrogen) atoms. The van der Waals surface area contributed by atoms with E-state index in [4.69, 9.17) is 9.15 Å². The Labute approximate surface area is 107 Å². The van der Waals surface area contributed by atoms with Gasteiger partial charge in [-0.3, -0.25) is 4.79 Å². The van der Waals surface area contributed by atoms with Crippen molar-refractivity contribution in [3.05, 3.63) is 24.2 Å². The van der Waals surface area contributed by atoms with E-state index < -0.39 is 0 Å². The van der Waals surface area contributed by atoms with E-state index in [1.54, 1.807) is 6.26 Å². The van der Waals surface area contributed by atoms with Crippen LogP contribution in [0.5, 0.6) is 0 Å². The maximum Gasteiger partial charge on any atom is 0.223 e. The third-order valence-electron chi connectivity index (χ3n) is 3.83. The molecule has 2 heterocycles. The lowest BCUT2D eigenvalue weighted by Crippen LogP contribution is -2.28. The third kappa shape index (κ3) is 2.58. The van der Waals surface area contributed by atoms with Crippen LogP contribution in [0.4, 0.5) is 0 Å². The summed E-state index contributed by atoms with van der Waals surface area (Å²) in [5.41, 5.74) is 0. The van der Waals surface area contributed by atoms with Crippen LogP contribution in [0.2, 0.25) is 0 Å². The van der Waals surface area contributed by atoms with Crippen LogP contribution in [0.3, 0.4) is 0 Å². The first-order valence-electron chi connectivity index (χ1n) is 6.77. The van der Waals surface area contributed by atoms with Crippen LogP contribution in [0, 0.1) is 5.92 Å². The molecule has 1 aliphatic carbocycles. The zero-order valence-electron chi connectivity index (χ0n) is 10.4. The molecule has 1 aliphatic heterocycles. The number of rotatable bonds is 5. The molecule has 4 nitrogen and oxygen atoms in total. The molecular formula is C14H19NO3. The number of amides is 1. The summed E-state index contributed by atoms with van der Waals surface area (Å²) in [6.45, 7) is 1.60. The quantitative estimate of drug-likeness (QED) is 0.869. The van der Waals surface area contributed by atoms with Gasteiger partial charge in [0.25, 0.3) is 0 Å². The van der Waals surface area contributed by atoms with Crippen molar-refractivity contribution in [1.29, 1.82) is 0 Å². The lowest BCUT2D eigenvalue weighted by molar-refractivity contribution is -0.122. The average molecular weight is 249 g/mol. The number of carbonyl (C=O) groups excluding carboxylic acids is 1. The summed E-state index contributed by atoms with van der Waals surface area (Å²) in [6, 6.07) is 3.82. The molecule has 3 rings (SSSR count). The number of furan rings is 1. The lowest BCUT2D eigenvalue weighted by atomic mass is 10.2. The lowest BCUT2D eigenvalue weighted by Gasteiger charge is -2.09. The second-order valence-corrected chi connectivity index (χ2v) is 5.18. The SMILES string of the molecule is O=C(NCC[C@@H]1CCCO1)[C@H]1C[C@H]1c1ccco1. The van der Waals surface area contributed by atoms with E-state index in [1.165, 1.54) is 0 Å². The van der Waals surface area contributed by atoms with Crippen molar-refractivity contribution in [2.75, 3.05) is 13.2 Å². The fourth-order valence-corrected chi connectivity index (χ4v) is 2.66. The molecule has 2 fully saturated rings. The van der Waals surface area contributed by atoms with Gasteiger partial charge in [-0.2, -0.15) is 0 Å². The van der Waals surface area contributed by atoms with Crippen LogP contribution >= 0.6 is 0 Å². The molecule has 98 valence electrons. The van der Waals surface area contributed by atoms with Crippen molar-refractivity contribution in [2.24, 2.45) is 5.92 Å². The van der Waals surface area contributed by atoms with Gasteiger partial charge in [-0.15, -0.1) is 0 Å². The van der Waals surface area contributed by atoms with Crippen LogP contribution < -0.4 is 5.32 Å². The van der Waals surface area contributed by atoms with Gasteiger partial charge in [-0.25, -0.2) is 0 Å². The second kappa shape index (κ2) is 5.14.